The zero-order valence-corrected chi connectivity index (χ0v) is 14.1. The van der Waals surface area contributed by atoms with Crippen molar-refractivity contribution in [3.05, 3.63) is 0 Å². The summed E-state index contributed by atoms with van der Waals surface area (Å²) in [5.41, 5.74) is 5.98. The van der Waals surface area contributed by atoms with E-state index in [9.17, 15) is 4.79 Å². The van der Waals surface area contributed by atoms with Crippen molar-refractivity contribution in [2.24, 2.45) is 11.7 Å². The number of nitrogens with one attached hydrogen (secondary N) is 1. The standard InChI is InChI=1S/C13H27N3O.2ClH/c1-10(2)11(14)12(17)15-9-13(16(3)4)7-5-6-8-13;;/h10-11H,5-9,14H2,1-4H3,(H,15,17);2*1H/t11-;;/m0../s1. The Morgan fingerprint density at radius 1 is 1.26 bits per heavy atom. The molecule has 1 rings (SSSR count). The molecule has 0 aromatic heterocycles. The van der Waals surface area contributed by atoms with E-state index < -0.39 is 6.04 Å². The van der Waals surface area contributed by atoms with Gasteiger partial charge in [-0.15, -0.1) is 24.8 Å². The summed E-state index contributed by atoms with van der Waals surface area (Å²) in [7, 11) is 4.19. The van der Waals surface area contributed by atoms with Gasteiger partial charge in [-0.05, 0) is 32.9 Å². The van der Waals surface area contributed by atoms with Crippen LogP contribution < -0.4 is 11.1 Å². The van der Waals surface area contributed by atoms with Gasteiger partial charge in [0.2, 0.25) is 5.91 Å². The van der Waals surface area contributed by atoms with Crippen LogP contribution in [0.25, 0.3) is 0 Å². The summed E-state index contributed by atoms with van der Waals surface area (Å²) in [4.78, 5) is 14.1. The lowest BCUT2D eigenvalue weighted by Gasteiger charge is -2.36. The third-order valence-electron chi connectivity index (χ3n) is 4.10. The molecule has 0 unspecified atom stereocenters. The summed E-state index contributed by atoms with van der Waals surface area (Å²) < 4.78 is 0. The molecule has 0 spiro atoms. The van der Waals surface area contributed by atoms with E-state index in [0.717, 1.165) is 19.4 Å². The fraction of sp³-hybridized carbons (Fsp3) is 0.923. The van der Waals surface area contributed by atoms with Gasteiger partial charge in [0, 0.05) is 12.1 Å². The van der Waals surface area contributed by atoms with Gasteiger partial charge in [0.05, 0.1) is 6.04 Å². The smallest absolute Gasteiger partial charge is 0.237 e. The SMILES string of the molecule is CC(C)[C@H](N)C(=O)NCC1(N(C)C)CCCC1.Cl.Cl. The lowest BCUT2D eigenvalue weighted by molar-refractivity contribution is -0.123. The molecule has 0 aromatic rings. The summed E-state index contributed by atoms with van der Waals surface area (Å²) in [6.07, 6.45) is 4.84. The monoisotopic (exact) mass is 313 g/mol. The van der Waals surface area contributed by atoms with Crippen LogP contribution in [-0.4, -0.2) is 43.0 Å². The molecule has 19 heavy (non-hydrogen) atoms. The molecule has 1 amide bonds. The van der Waals surface area contributed by atoms with Gasteiger partial charge in [0.25, 0.3) is 0 Å². The van der Waals surface area contributed by atoms with Crippen LogP contribution in [0.4, 0.5) is 0 Å². The van der Waals surface area contributed by atoms with Crippen molar-refractivity contribution in [1.29, 1.82) is 0 Å². The molecule has 1 aliphatic rings. The third-order valence-corrected chi connectivity index (χ3v) is 4.10. The predicted octanol–water partition coefficient (Wildman–Crippen LogP) is 1.80. The lowest BCUT2D eigenvalue weighted by atomic mass is 9.95. The maximum atomic E-state index is 11.9. The fourth-order valence-electron chi connectivity index (χ4n) is 2.49. The maximum absolute atomic E-state index is 11.9. The fourth-order valence-corrected chi connectivity index (χ4v) is 2.49. The zero-order chi connectivity index (χ0) is 13.1. The molecule has 4 nitrogen and oxygen atoms in total. The normalized spacial score (nSPS) is 18.7. The minimum absolute atomic E-state index is 0. The molecule has 1 saturated carbocycles. The van der Waals surface area contributed by atoms with Gasteiger partial charge in [0.15, 0.2) is 0 Å². The van der Waals surface area contributed by atoms with Crippen LogP contribution in [0.1, 0.15) is 39.5 Å². The summed E-state index contributed by atoms with van der Waals surface area (Å²) in [6.45, 7) is 4.67. The average molecular weight is 314 g/mol. The number of nitrogens with zero attached hydrogens (tertiary/aromatic N) is 1. The Morgan fingerprint density at radius 2 is 1.74 bits per heavy atom. The van der Waals surface area contributed by atoms with E-state index in [1.54, 1.807) is 0 Å². The molecule has 0 bridgehead atoms. The van der Waals surface area contributed by atoms with Gasteiger partial charge in [-0.25, -0.2) is 0 Å². The zero-order valence-electron chi connectivity index (χ0n) is 12.4. The van der Waals surface area contributed by atoms with E-state index in [2.05, 4.69) is 24.3 Å². The summed E-state index contributed by atoms with van der Waals surface area (Å²) in [5.74, 6) is 0.169. The van der Waals surface area contributed by atoms with E-state index in [1.807, 2.05) is 13.8 Å². The molecule has 1 atom stereocenters. The maximum Gasteiger partial charge on any atom is 0.237 e. The Labute approximate surface area is 129 Å². The van der Waals surface area contributed by atoms with Crippen molar-refractivity contribution in [1.82, 2.24) is 10.2 Å². The second-order valence-corrected chi connectivity index (χ2v) is 5.81. The molecular formula is C13H29Cl2N3O. The number of carbonyl (C=O) groups excluding carboxylic acids is 1. The van der Waals surface area contributed by atoms with Crippen LogP contribution in [0.5, 0.6) is 0 Å². The number of amides is 1. The van der Waals surface area contributed by atoms with Crippen molar-refractivity contribution in [3.8, 4) is 0 Å². The van der Waals surface area contributed by atoms with Crippen molar-refractivity contribution < 1.29 is 4.79 Å². The van der Waals surface area contributed by atoms with Crippen LogP contribution in [0.3, 0.4) is 0 Å². The Kier molecular flexibility index (Phi) is 10.1. The number of nitrogens with two attached hydrogens (primary N) is 1. The van der Waals surface area contributed by atoms with Crippen LogP contribution in [0.2, 0.25) is 0 Å². The minimum atomic E-state index is -0.393. The summed E-state index contributed by atoms with van der Waals surface area (Å²) in [6, 6.07) is -0.393. The number of likely N-dealkylation sites (N-methyl/N-ethyl adjacent to an activating group) is 1. The molecule has 1 fully saturated rings. The number of hydrogen-bond acceptors (Lipinski definition) is 3. The van der Waals surface area contributed by atoms with Gasteiger partial charge >= 0.3 is 0 Å². The van der Waals surface area contributed by atoms with Gasteiger partial charge in [-0.3, -0.25) is 4.79 Å². The van der Waals surface area contributed by atoms with Crippen molar-refractivity contribution in [2.75, 3.05) is 20.6 Å². The van der Waals surface area contributed by atoms with Crippen molar-refractivity contribution >= 4 is 30.7 Å². The first-order valence-electron chi connectivity index (χ1n) is 6.60. The molecule has 6 heteroatoms. The molecule has 0 aromatic carbocycles. The van der Waals surface area contributed by atoms with Gasteiger partial charge < -0.3 is 16.0 Å². The Bertz CT molecular complexity index is 267. The van der Waals surface area contributed by atoms with E-state index in [1.165, 1.54) is 12.8 Å². The van der Waals surface area contributed by atoms with Gasteiger partial charge in [0.1, 0.15) is 0 Å². The van der Waals surface area contributed by atoms with Crippen LogP contribution in [0.15, 0.2) is 0 Å². The molecular weight excluding hydrogens is 285 g/mol. The molecule has 0 heterocycles. The predicted molar refractivity (Wildman–Crippen MR) is 85.2 cm³/mol. The van der Waals surface area contributed by atoms with E-state index >= 15 is 0 Å². The first-order chi connectivity index (χ1) is 7.89. The second kappa shape index (κ2) is 9.01. The quantitative estimate of drug-likeness (QED) is 0.813. The molecule has 1 aliphatic carbocycles. The molecule has 0 saturated heterocycles. The highest BCUT2D eigenvalue weighted by atomic mass is 35.5. The summed E-state index contributed by atoms with van der Waals surface area (Å²) >= 11 is 0. The molecule has 0 aliphatic heterocycles. The van der Waals surface area contributed by atoms with E-state index in [4.69, 9.17) is 5.73 Å². The highest BCUT2D eigenvalue weighted by Crippen LogP contribution is 2.33. The second-order valence-electron chi connectivity index (χ2n) is 5.81. The van der Waals surface area contributed by atoms with Crippen molar-refractivity contribution in [3.63, 3.8) is 0 Å². The minimum Gasteiger partial charge on any atom is -0.353 e. The Morgan fingerprint density at radius 3 is 2.11 bits per heavy atom. The lowest BCUT2D eigenvalue weighted by Crippen LogP contribution is -2.54. The van der Waals surface area contributed by atoms with E-state index in [-0.39, 0.29) is 42.2 Å². The van der Waals surface area contributed by atoms with Crippen molar-refractivity contribution in [2.45, 2.75) is 51.1 Å². The van der Waals surface area contributed by atoms with Crippen LogP contribution in [0, 0.1) is 5.92 Å². The van der Waals surface area contributed by atoms with Gasteiger partial charge in [-0.2, -0.15) is 0 Å². The van der Waals surface area contributed by atoms with E-state index in [0.29, 0.717) is 0 Å². The van der Waals surface area contributed by atoms with Gasteiger partial charge in [-0.1, -0.05) is 26.7 Å². The highest BCUT2D eigenvalue weighted by Gasteiger charge is 2.36. The Balaban J connectivity index is 0. The van der Waals surface area contributed by atoms with Crippen LogP contribution in [-0.2, 0) is 4.79 Å². The first kappa shape index (κ1) is 21.3. The average Bonchev–Trinajstić information content (AvgIpc) is 2.74. The molecule has 116 valence electrons. The number of rotatable bonds is 5. The first-order valence-corrected chi connectivity index (χ1v) is 6.60. The largest absolute Gasteiger partial charge is 0.353 e. The number of hydrogen-bond donors (Lipinski definition) is 2. The molecule has 0 radical (unpaired) electrons. The number of halogens is 2. The third kappa shape index (κ3) is 5.46. The topological polar surface area (TPSA) is 58.4 Å². The molecule has 3 N–H and O–H groups in total. The Hall–Kier alpha value is -0.0300. The highest BCUT2D eigenvalue weighted by molar-refractivity contribution is 5.85. The van der Waals surface area contributed by atoms with Crippen LogP contribution >= 0.6 is 24.8 Å². The summed E-state index contributed by atoms with van der Waals surface area (Å²) in [5, 5.41) is 3.02. The number of carbonyl (C=O) groups is 1.